The Morgan fingerprint density at radius 3 is 2.56 bits per heavy atom. The molecule has 0 saturated carbocycles. The number of nitrogens with zero attached hydrogens (tertiary/aromatic N) is 2. The van der Waals surface area contributed by atoms with Crippen molar-refractivity contribution in [2.24, 2.45) is 9.98 Å². The molecular formula is C25H19N3O4. The highest BCUT2D eigenvalue weighted by molar-refractivity contribution is 6.11. The molecule has 5 rings (SSSR count). The summed E-state index contributed by atoms with van der Waals surface area (Å²) in [6.07, 6.45) is 1.33. The molecule has 0 radical (unpaired) electrons. The van der Waals surface area contributed by atoms with Crippen LogP contribution in [0.5, 0.6) is 17.2 Å². The van der Waals surface area contributed by atoms with E-state index < -0.39 is 5.63 Å². The van der Waals surface area contributed by atoms with Crippen LogP contribution >= 0.6 is 0 Å². The predicted octanol–water partition coefficient (Wildman–Crippen LogP) is 4.58. The van der Waals surface area contributed by atoms with Gasteiger partial charge in [0.1, 0.15) is 28.5 Å². The van der Waals surface area contributed by atoms with Crippen LogP contribution in [0, 0.1) is 0 Å². The van der Waals surface area contributed by atoms with E-state index in [1.54, 1.807) is 24.3 Å². The minimum absolute atomic E-state index is 0.0246. The summed E-state index contributed by atoms with van der Waals surface area (Å²) < 4.78 is 11.3. The molecule has 1 aliphatic heterocycles. The Morgan fingerprint density at radius 2 is 1.66 bits per heavy atom. The van der Waals surface area contributed by atoms with Crippen LogP contribution in [0.3, 0.4) is 0 Å². The molecule has 32 heavy (non-hydrogen) atoms. The number of aromatic hydroxyl groups is 1. The molecule has 7 nitrogen and oxygen atoms in total. The van der Waals surface area contributed by atoms with Crippen molar-refractivity contribution in [3.8, 4) is 17.2 Å². The number of para-hydroxylation sites is 4. The number of amidine groups is 1. The summed E-state index contributed by atoms with van der Waals surface area (Å²) in [6, 6.07) is 22.2. The van der Waals surface area contributed by atoms with Crippen molar-refractivity contribution >= 4 is 28.7 Å². The molecule has 0 atom stereocenters. The monoisotopic (exact) mass is 425 g/mol. The number of fused-ring (bicyclic) bond motifs is 3. The Kier molecular flexibility index (Phi) is 5.13. The van der Waals surface area contributed by atoms with Crippen molar-refractivity contribution in [3.05, 3.63) is 94.3 Å². The molecule has 0 amide bonds. The van der Waals surface area contributed by atoms with Crippen LogP contribution in [0.25, 0.3) is 11.0 Å². The molecule has 158 valence electrons. The van der Waals surface area contributed by atoms with Gasteiger partial charge in [0.05, 0.1) is 29.7 Å². The van der Waals surface area contributed by atoms with E-state index in [4.69, 9.17) is 9.15 Å². The van der Waals surface area contributed by atoms with Crippen molar-refractivity contribution in [2.45, 2.75) is 0 Å². The first kappa shape index (κ1) is 19.6. The Bertz CT molecular complexity index is 1420. The molecule has 1 aromatic heterocycles. The second-order valence-corrected chi connectivity index (χ2v) is 7.13. The highest BCUT2D eigenvalue weighted by atomic mass is 16.5. The van der Waals surface area contributed by atoms with Gasteiger partial charge in [-0.05, 0) is 36.4 Å². The molecule has 0 spiro atoms. The maximum Gasteiger partial charge on any atom is 0.348 e. The van der Waals surface area contributed by atoms with Crippen LogP contribution in [0.2, 0.25) is 0 Å². The third-order valence-electron chi connectivity index (χ3n) is 5.04. The van der Waals surface area contributed by atoms with Gasteiger partial charge in [-0.3, -0.25) is 9.98 Å². The lowest BCUT2D eigenvalue weighted by atomic mass is 10.1. The highest BCUT2D eigenvalue weighted by Crippen LogP contribution is 2.35. The quantitative estimate of drug-likeness (QED) is 0.283. The number of hydrogen-bond donors (Lipinski definition) is 2. The molecular weight excluding hydrogens is 406 g/mol. The van der Waals surface area contributed by atoms with E-state index in [1.807, 2.05) is 48.5 Å². The van der Waals surface area contributed by atoms with E-state index in [0.717, 1.165) is 17.0 Å². The van der Waals surface area contributed by atoms with Crippen molar-refractivity contribution in [1.82, 2.24) is 0 Å². The molecule has 1 aliphatic rings. The fraction of sp³-hybridized carbons (Fsp3) is 0.0800. The molecule has 0 saturated heterocycles. The molecule has 2 heterocycles. The summed E-state index contributed by atoms with van der Waals surface area (Å²) in [4.78, 5) is 21.1. The van der Waals surface area contributed by atoms with Gasteiger partial charge in [-0.2, -0.15) is 0 Å². The molecule has 7 heteroatoms. The lowest BCUT2D eigenvalue weighted by Crippen LogP contribution is -2.14. The number of benzene rings is 3. The zero-order valence-electron chi connectivity index (χ0n) is 17.0. The smallest absolute Gasteiger partial charge is 0.348 e. The molecule has 3 aromatic carbocycles. The van der Waals surface area contributed by atoms with Gasteiger partial charge in [-0.25, -0.2) is 4.79 Å². The van der Waals surface area contributed by atoms with Gasteiger partial charge in [0.15, 0.2) is 5.75 Å². The molecule has 0 bridgehead atoms. The van der Waals surface area contributed by atoms with Crippen LogP contribution in [0.15, 0.2) is 92.0 Å². The molecule has 0 fully saturated rings. The first-order chi connectivity index (χ1) is 15.7. The van der Waals surface area contributed by atoms with Crippen LogP contribution in [0.4, 0.5) is 5.69 Å². The largest absolute Gasteiger partial charge is 0.506 e. The van der Waals surface area contributed by atoms with Crippen LogP contribution < -0.4 is 15.7 Å². The number of ether oxygens (including phenoxy) is 1. The van der Waals surface area contributed by atoms with E-state index in [0.29, 0.717) is 35.6 Å². The third-order valence-corrected chi connectivity index (χ3v) is 5.04. The Hall–Kier alpha value is -4.39. The zero-order valence-corrected chi connectivity index (χ0v) is 17.0. The van der Waals surface area contributed by atoms with E-state index in [2.05, 4.69) is 15.3 Å². The predicted molar refractivity (Wildman–Crippen MR) is 125 cm³/mol. The van der Waals surface area contributed by atoms with E-state index in [1.165, 1.54) is 6.21 Å². The maximum atomic E-state index is 12.2. The molecule has 4 aromatic rings. The van der Waals surface area contributed by atoms with Gasteiger partial charge >= 0.3 is 5.63 Å². The van der Waals surface area contributed by atoms with E-state index >= 15 is 0 Å². The van der Waals surface area contributed by atoms with Crippen molar-refractivity contribution in [3.63, 3.8) is 0 Å². The summed E-state index contributed by atoms with van der Waals surface area (Å²) >= 11 is 0. The van der Waals surface area contributed by atoms with Gasteiger partial charge in [0, 0.05) is 6.21 Å². The van der Waals surface area contributed by atoms with Crippen molar-refractivity contribution in [1.29, 1.82) is 0 Å². The fourth-order valence-corrected chi connectivity index (χ4v) is 3.49. The topological polar surface area (TPSA) is 96.4 Å². The Labute approximate surface area is 183 Å². The van der Waals surface area contributed by atoms with Gasteiger partial charge in [0.2, 0.25) is 0 Å². The van der Waals surface area contributed by atoms with Crippen molar-refractivity contribution in [2.75, 3.05) is 18.4 Å². The summed E-state index contributed by atoms with van der Waals surface area (Å²) in [6.45, 7) is 0.691. The second kappa shape index (κ2) is 8.39. The van der Waals surface area contributed by atoms with Gasteiger partial charge < -0.3 is 19.6 Å². The maximum absolute atomic E-state index is 12.2. The zero-order chi connectivity index (χ0) is 21.9. The standard InChI is InChI=1S/C25H19N3O4/c29-23-16-7-1-4-10-20(16)32-25(30)18(23)15-26-13-14-27-24-17-8-2-5-11-21(17)31-22-12-6-3-9-19(22)28-24/h1-12,15,29H,13-14H2,(H,27,28). The lowest BCUT2D eigenvalue weighted by Gasteiger charge is -2.08. The first-order valence-electron chi connectivity index (χ1n) is 10.1. The number of anilines is 1. The van der Waals surface area contributed by atoms with Crippen LogP contribution in [0.1, 0.15) is 11.1 Å². The molecule has 2 N–H and O–H groups in total. The molecule has 0 aliphatic carbocycles. The van der Waals surface area contributed by atoms with Crippen molar-refractivity contribution < 1.29 is 14.3 Å². The number of rotatable bonds is 4. The minimum Gasteiger partial charge on any atom is -0.506 e. The number of aliphatic imine (C=N–C) groups is 2. The number of hydrogen-bond acceptors (Lipinski definition) is 6. The summed E-state index contributed by atoms with van der Waals surface area (Å²) in [5, 5.41) is 14.2. The lowest BCUT2D eigenvalue weighted by molar-refractivity contribution is 0.466. The van der Waals surface area contributed by atoms with Gasteiger partial charge in [-0.15, -0.1) is 0 Å². The average molecular weight is 425 g/mol. The third kappa shape index (κ3) is 3.72. The van der Waals surface area contributed by atoms with E-state index in [9.17, 15) is 9.90 Å². The molecule has 0 unspecified atom stereocenters. The SMILES string of the molecule is O=c1oc2ccccc2c(O)c1C=NCCN=C1Nc2ccccc2Oc2ccccc21. The number of nitrogens with one attached hydrogen (secondary N) is 1. The minimum atomic E-state index is -0.635. The first-order valence-corrected chi connectivity index (χ1v) is 10.1. The Balaban J connectivity index is 1.37. The fourth-order valence-electron chi connectivity index (χ4n) is 3.49. The van der Waals surface area contributed by atoms with Gasteiger partial charge in [-0.1, -0.05) is 36.4 Å². The normalized spacial score (nSPS) is 13.9. The van der Waals surface area contributed by atoms with Crippen LogP contribution in [-0.2, 0) is 0 Å². The van der Waals surface area contributed by atoms with Crippen LogP contribution in [-0.4, -0.2) is 30.2 Å². The summed E-state index contributed by atoms with van der Waals surface area (Å²) in [7, 11) is 0. The second-order valence-electron chi connectivity index (χ2n) is 7.13. The summed E-state index contributed by atoms with van der Waals surface area (Å²) in [5.74, 6) is 1.97. The summed E-state index contributed by atoms with van der Waals surface area (Å²) in [5.41, 5.74) is 1.39. The van der Waals surface area contributed by atoms with Gasteiger partial charge in [0.25, 0.3) is 0 Å². The average Bonchev–Trinajstić information content (AvgIpc) is 2.97. The Morgan fingerprint density at radius 1 is 0.906 bits per heavy atom. The highest BCUT2D eigenvalue weighted by Gasteiger charge is 2.18. The van der Waals surface area contributed by atoms with E-state index in [-0.39, 0.29) is 11.3 Å².